The van der Waals surface area contributed by atoms with E-state index in [0.717, 1.165) is 16.9 Å². The van der Waals surface area contributed by atoms with Crippen LogP contribution in [-0.2, 0) is 30.0 Å². The Hall–Kier alpha value is -2.78. The van der Waals surface area contributed by atoms with Crippen molar-refractivity contribution in [3.63, 3.8) is 0 Å². The van der Waals surface area contributed by atoms with E-state index in [4.69, 9.17) is 24.5 Å². The zero-order valence-electron chi connectivity index (χ0n) is 21.2. The van der Waals surface area contributed by atoms with Crippen molar-refractivity contribution >= 4 is 41.2 Å². The number of aliphatic hydroxyl groups is 2. The molecule has 2 aliphatic rings. The van der Waals surface area contributed by atoms with E-state index in [2.05, 4.69) is 20.0 Å². The average molecular weight is 581 g/mol. The van der Waals surface area contributed by atoms with E-state index in [1.165, 1.54) is 24.9 Å². The molecular weight excluding hydrogens is 551 g/mol. The number of hydrogen-bond donors (Lipinski definition) is 4. The van der Waals surface area contributed by atoms with Crippen molar-refractivity contribution < 1.29 is 38.3 Å². The molecule has 0 aliphatic carbocycles. The van der Waals surface area contributed by atoms with Gasteiger partial charge < -0.3 is 34.7 Å². The maximum absolute atomic E-state index is 13.4. The molecule has 2 saturated heterocycles. The molecule has 1 unspecified atom stereocenters. The molecule has 210 valence electrons. The van der Waals surface area contributed by atoms with Gasteiger partial charge in [0, 0.05) is 5.75 Å². The Morgan fingerprint density at radius 1 is 1.36 bits per heavy atom. The van der Waals surface area contributed by atoms with Crippen molar-refractivity contribution in [2.24, 2.45) is 0 Å². The number of nitrogen functional groups attached to an aromatic ring is 1. The third-order valence-electron chi connectivity index (χ3n) is 6.51. The van der Waals surface area contributed by atoms with Gasteiger partial charge in [-0.2, -0.15) is 9.97 Å². The van der Waals surface area contributed by atoms with Crippen molar-refractivity contribution in [3.8, 4) is 5.88 Å². The Labute approximate surface area is 227 Å². The molecule has 2 aliphatic heterocycles. The Morgan fingerprint density at radius 2 is 2.13 bits per heavy atom. The van der Waals surface area contributed by atoms with Crippen LogP contribution >= 0.6 is 18.1 Å². The lowest BCUT2D eigenvalue weighted by Crippen LogP contribution is -2.44. The fourth-order valence-corrected chi connectivity index (χ4v) is 8.24. The highest BCUT2D eigenvalue weighted by Gasteiger charge is 2.54. The van der Waals surface area contributed by atoms with Gasteiger partial charge in [0.25, 0.3) is 0 Å². The first-order chi connectivity index (χ1) is 18.6. The summed E-state index contributed by atoms with van der Waals surface area (Å²) >= 11 is 1.05. The molecule has 39 heavy (non-hydrogen) atoms. The molecule has 0 spiro atoms. The van der Waals surface area contributed by atoms with Crippen LogP contribution in [-0.4, -0.2) is 79.0 Å². The number of carbonyl (C=O) groups excluding carboxylic acids is 1. The molecule has 2 aromatic heterocycles. The van der Waals surface area contributed by atoms with Crippen LogP contribution in [0.5, 0.6) is 5.88 Å². The summed E-state index contributed by atoms with van der Waals surface area (Å²) < 4.78 is 37.0. The molecule has 0 saturated carbocycles. The Bertz CT molecular complexity index is 1390. The van der Waals surface area contributed by atoms with Gasteiger partial charge in [-0.25, -0.2) is 10.1 Å². The number of aliphatic hydroxyl groups excluding tert-OH is 1. The fourth-order valence-electron chi connectivity index (χ4n) is 4.43. The number of nitrogens with zero attached hydrogens (tertiary/aromatic N) is 4. The van der Waals surface area contributed by atoms with Crippen LogP contribution in [0.15, 0.2) is 36.7 Å². The number of methoxy groups -OCH3 is 1. The standard InChI is InChI=1S/C23H29N6O8PS/c1-23(32)17(30)15(37-21(23)29-12-25-16-18(29)26-22(24)27-19(16)34-2)11-36-38(33)28-14(8-9-39-38)20(31)35-10-13-6-4-3-5-7-13/h3-7,12,14-15,17,21,30,32H,8-11H2,1-2H3,(H,28,33)(H2,24,26,27)/t14-,15-,17-,21?,23-,38-/m1/s1. The first-order valence-electron chi connectivity index (χ1n) is 12.1. The minimum Gasteiger partial charge on any atom is -0.479 e. The molecule has 16 heteroatoms. The highest BCUT2D eigenvalue weighted by molar-refractivity contribution is 8.56. The third kappa shape index (κ3) is 5.61. The summed E-state index contributed by atoms with van der Waals surface area (Å²) in [4.78, 5) is 25.0. The number of fused-ring (bicyclic) bond motifs is 1. The molecular formula is C23H29N6O8PS. The van der Waals surface area contributed by atoms with E-state index in [-0.39, 0.29) is 36.2 Å². The number of aromatic nitrogens is 4. The lowest BCUT2D eigenvalue weighted by molar-refractivity contribution is -0.147. The number of nitrogens with two attached hydrogens (primary N) is 1. The maximum Gasteiger partial charge on any atom is 0.327 e. The van der Waals surface area contributed by atoms with Crippen LogP contribution in [0.1, 0.15) is 25.1 Å². The quantitative estimate of drug-likeness (QED) is 0.220. The van der Waals surface area contributed by atoms with Gasteiger partial charge in [-0.3, -0.25) is 13.9 Å². The average Bonchev–Trinajstić information content (AvgIpc) is 3.43. The number of ether oxygens (including phenoxy) is 3. The highest BCUT2D eigenvalue weighted by Crippen LogP contribution is 2.59. The lowest BCUT2D eigenvalue weighted by Gasteiger charge is -2.29. The number of hydrogen-bond acceptors (Lipinski definition) is 13. The summed E-state index contributed by atoms with van der Waals surface area (Å²) in [5.41, 5.74) is 5.33. The topological polar surface area (TPSA) is 193 Å². The van der Waals surface area contributed by atoms with E-state index >= 15 is 0 Å². The molecule has 5 rings (SSSR count). The number of benzene rings is 1. The van der Waals surface area contributed by atoms with Gasteiger partial charge in [-0.1, -0.05) is 41.7 Å². The SMILES string of the molecule is COc1nc(N)nc2c1ncn2C1O[C@H](CO[P@]2(=O)N[C@@H](C(=O)OCc3ccccc3)CCS2)[C@@H](O)[C@@]1(C)O. The number of anilines is 1. The van der Waals surface area contributed by atoms with Crippen LogP contribution in [0.25, 0.3) is 11.2 Å². The molecule has 2 fully saturated rings. The smallest absolute Gasteiger partial charge is 0.327 e. The minimum atomic E-state index is -3.56. The van der Waals surface area contributed by atoms with Crippen molar-refractivity contribution in [3.05, 3.63) is 42.2 Å². The molecule has 1 aromatic carbocycles. The van der Waals surface area contributed by atoms with Crippen molar-refractivity contribution in [1.82, 2.24) is 24.6 Å². The second-order valence-electron chi connectivity index (χ2n) is 9.30. The normalized spacial score (nSPS) is 30.9. The molecule has 0 bridgehead atoms. The Kier molecular flexibility index (Phi) is 7.84. The van der Waals surface area contributed by atoms with E-state index in [1.807, 2.05) is 30.3 Å². The predicted octanol–water partition coefficient (Wildman–Crippen LogP) is 1.39. The van der Waals surface area contributed by atoms with E-state index in [9.17, 15) is 19.6 Å². The summed E-state index contributed by atoms with van der Waals surface area (Å²) in [6.45, 7) is -2.39. The van der Waals surface area contributed by atoms with Gasteiger partial charge in [0.2, 0.25) is 11.8 Å². The van der Waals surface area contributed by atoms with E-state index < -0.39 is 42.8 Å². The van der Waals surface area contributed by atoms with Gasteiger partial charge in [0.15, 0.2) is 17.4 Å². The number of rotatable bonds is 8. The Morgan fingerprint density at radius 3 is 2.87 bits per heavy atom. The molecule has 5 N–H and O–H groups in total. The fraction of sp³-hybridized carbons (Fsp3) is 0.478. The highest BCUT2D eigenvalue weighted by atomic mass is 32.7. The zero-order chi connectivity index (χ0) is 27.8. The van der Waals surface area contributed by atoms with Crippen LogP contribution in [0.4, 0.5) is 5.95 Å². The van der Waals surface area contributed by atoms with Crippen molar-refractivity contribution in [1.29, 1.82) is 0 Å². The zero-order valence-corrected chi connectivity index (χ0v) is 22.9. The first kappa shape index (κ1) is 27.8. The van der Waals surface area contributed by atoms with Gasteiger partial charge in [-0.15, -0.1) is 0 Å². The van der Waals surface area contributed by atoms with Crippen molar-refractivity contribution in [2.75, 3.05) is 25.2 Å². The predicted molar refractivity (Wildman–Crippen MR) is 141 cm³/mol. The summed E-state index contributed by atoms with van der Waals surface area (Å²) in [6.07, 6.45) is -1.86. The number of nitrogens with one attached hydrogen (secondary N) is 1. The van der Waals surface area contributed by atoms with Crippen LogP contribution < -0.4 is 15.6 Å². The van der Waals surface area contributed by atoms with Crippen LogP contribution in [0, 0.1) is 0 Å². The number of esters is 1. The minimum absolute atomic E-state index is 0.0745. The molecule has 6 atom stereocenters. The molecule has 4 heterocycles. The second kappa shape index (κ2) is 11.0. The molecule has 14 nitrogen and oxygen atoms in total. The van der Waals surface area contributed by atoms with Gasteiger partial charge in [-0.05, 0) is 18.9 Å². The van der Waals surface area contributed by atoms with Crippen LogP contribution in [0.3, 0.4) is 0 Å². The summed E-state index contributed by atoms with van der Waals surface area (Å²) in [6, 6.07) is 8.42. The first-order valence-corrected chi connectivity index (χ1v) is 15.3. The lowest BCUT2D eigenvalue weighted by atomic mass is 9.96. The summed E-state index contributed by atoms with van der Waals surface area (Å²) in [7, 11) is 1.41. The monoisotopic (exact) mass is 580 g/mol. The number of carbonyl (C=O) groups is 1. The molecule has 0 amide bonds. The summed E-state index contributed by atoms with van der Waals surface area (Å²) in [5.74, 6) is -0.0701. The third-order valence-corrected chi connectivity index (χ3v) is 10.6. The van der Waals surface area contributed by atoms with Gasteiger partial charge in [0.05, 0.1) is 20.0 Å². The Balaban J connectivity index is 1.24. The van der Waals surface area contributed by atoms with E-state index in [0.29, 0.717) is 12.2 Å². The van der Waals surface area contributed by atoms with Crippen LogP contribution in [0.2, 0.25) is 0 Å². The maximum atomic E-state index is 13.4. The summed E-state index contributed by atoms with van der Waals surface area (Å²) in [5, 5.41) is 24.8. The second-order valence-corrected chi connectivity index (χ2v) is 13.7. The largest absolute Gasteiger partial charge is 0.479 e. The van der Waals surface area contributed by atoms with Gasteiger partial charge in [0.1, 0.15) is 30.5 Å². The van der Waals surface area contributed by atoms with E-state index in [1.54, 1.807) is 0 Å². The molecule has 3 aromatic rings. The number of imidazole rings is 1. The van der Waals surface area contributed by atoms with Gasteiger partial charge >= 0.3 is 12.7 Å². The van der Waals surface area contributed by atoms with Crippen molar-refractivity contribution in [2.45, 2.75) is 50.0 Å². The molecule has 0 radical (unpaired) electrons.